The van der Waals surface area contributed by atoms with Crippen molar-refractivity contribution in [3.05, 3.63) is 86.9 Å². The van der Waals surface area contributed by atoms with Crippen LogP contribution in [0.15, 0.2) is 72.1 Å². The monoisotopic (exact) mass is 523 g/mol. The van der Waals surface area contributed by atoms with Gasteiger partial charge in [0.25, 0.3) is 0 Å². The van der Waals surface area contributed by atoms with E-state index in [1.165, 1.54) is 22.7 Å². The Hall–Kier alpha value is -3.13. The number of amides is 1. The molecule has 1 aliphatic rings. The number of carboxylic acids is 1. The van der Waals surface area contributed by atoms with E-state index >= 15 is 0 Å². The zero-order valence-electron chi connectivity index (χ0n) is 18.8. The van der Waals surface area contributed by atoms with E-state index in [9.17, 15) is 14.7 Å². The van der Waals surface area contributed by atoms with Crippen molar-refractivity contribution < 1.29 is 19.4 Å². The Bertz CT molecular complexity index is 1370. The summed E-state index contributed by atoms with van der Waals surface area (Å²) in [5, 5.41) is 14.4. The van der Waals surface area contributed by atoms with E-state index in [1.807, 2.05) is 73.0 Å². The number of rotatable bonds is 7. The molecule has 2 N–H and O–H groups in total. The molecule has 8 heteroatoms. The highest BCUT2D eigenvalue weighted by Gasteiger charge is 2.51. The number of carboxylic acid groups (broad SMARTS) is 1. The Morgan fingerprint density at radius 1 is 1.06 bits per heavy atom. The first-order valence-corrected chi connectivity index (χ1v) is 13.2. The predicted molar refractivity (Wildman–Crippen MR) is 142 cm³/mol. The molecule has 1 fully saturated rings. The Kier molecular flexibility index (Phi) is 6.40. The van der Waals surface area contributed by atoms with E-state index in [2.05, 4.69) is 5.32 Å². The van der Waals surface area contributed by atoms with Crippen molar-refractivity contribution in [2.45, 2.75) is 31.3 Å². The number of carbonyl (C=O) groups excluding carboxylic acids is 1. The van der Waals surface area contributed by atoms with E-state index in [1.54, 1.807) is 6.07 Å². The molecule has 178 valence electrons. The van der Waals surface area contributed by atoms with Gasteiger partial charge in [0.05, 0.1) is 20.3 Å². The van der Waals surface area contributed by atoms with Gasteiger partial charge in [0.1, 0.15) is 6.10 Å². The molecular formula is C27H22ClNO4S2. The molecular weight excluding hydrogens is 502 g/mol. The molecule has 1 saturated carbocycles. The quantitative estimate of drug-likeness (QED) is 0.256. The third-order valence-electron chi connectivity index (χ3n) is 6.25. The molecule has 0 spiro atoms. The van der Waals surface area contributed by atoms with Crippen molar-refractivity contribution in [2.75, 3.05) is 5.32 Å². The van der Waals surface area contributed by atoms with Crippen molar-refractivity contribution in [3.8, 4) is 21.6 Å². The maximum Gasteiger partial charge on any atom is 0.412 e. The third-order valence-corrected chi connectivity index (χ3v) is 8.58. The highest BCUT2D eigenvalue weighted by molar-refractivity contribution is 7.20. The first-order chi connectivity index (χ1) is 16.9. The number of anilines is 1. The lowest BCUT2D eigenvalue weighted by Gasteiger charge is -2.15. The van der Waals surface area contributed by atoms with Crippen LogP contribution in [-0.4, -0.2) is 17.2 Å². The number of carbonyl (C=O) groups is 2. The maximum atomic E-state index is 12.6. The molecule has 4 aromatic rings. The third kappa shape index (κ3) is 4.72. The van der Waals surface area contributed by atoms with Crippen molar-refractivity contribution in [2.24, 2.45) is 0 Å². The molecule has 1 atom stereocenters. The fourth-order valence-electron chi connectivity index (χ4n) is 4.19. The van der Waals surface area contributed by atoms with E-state index in [0.29, 0.717) is 22.9 Å². The minimum absolute atomic E-state index is 0.362. The summed E-state index contributed by atoms with van der Waals surface area (Å²) in [7, 11) is 0. The van der Waals surface area contributed by atoms with Crippen LogP contribution in [0.5, 0.6) is 0 Å². The van der Waals surface area contributed by atoms with Crippen LogP contribution in [0.3, 0.4) is 0 Å². The molecule has 0 bridgehead atoms. The Morgan fingerprint density at radius 3 is 2.40 bits per heavy atom. The minimum Gasteiger partial charge on any atom is -0.481 e. The lowest BCUT2D eigenvalue weighted by atomic mass is 9.92. The second-order valence-electron chi connectivity index (χ2n) is 8.49. The molecule has 35 heavy (non-hydrogen) atoms. The standard InChI is InChI=1S/C27H22ClNO4S2/c1-16(22-7-4-14-34-22)33-26(32)29-21-15-23(28)35-24(21)20-6-3-2-5-19(20)17-8-10-18(11-9-17)27(12-13-27)25(30)31/h2-11,14-16H,12-13H2,1H3,(H,29,32)(H,30,31). The molecule has 2 aromatic heterocycles. The van der Waals surface area contributed by atoms with Gasteiger partial charge in [-0.3, -0.25) is 10.1 Å². The molecule has 0 radical (unpaired) electrons. The Morgan fingerprint density at radius 2 is 1.77 bits per heavy atom. The normalized spacial score (nSPS) is 14.8. The average molecular weight is 524 g/mol. The van der Waals surface area contributed by atoms with Crippen LogP contribution < -0.4 is 5.32 Å². The van der Waals surface area contributed by atoms with Gasteiger partial charge < -0.3 is 9.84 Å². The molecule has 1 aliphatic carbocycles. The van der Waals surface area contributed by atoms with Gasteiger partial charge in [-0.15, -0.1) is 22.7 Å². The van der Waals surface area contributed by atoms with Gasteiger partial charge >= 0.3 is 12.1 Å². The van der Waals surface area contributed by atoms with Crippen molar-refractivity contribution >= 4 is 52.0 Å². The number of hydrogen-bond donors (Lipinski definition) is 2. The molecule has 5 nitrogen and oxygen atoms in total. The maximum absolute atomic E-state index is 12.6. The lowest BCUT2D eigenvalue weighted by molar-refractivity contribution is -0.140. The largest absolute Gasteiger partial charge is 0.481 e. The molecule has 5 rings (SSSR count). The Labute approximate surface area is 216 Å². The smallest absolute Gasteiger partial charge is 0.412 e. The fourth-order valence-corrected chi connectivity index (χ4v) is 6.12. The molecule has 2 aromatic carbocycles. The Balaban J connectivity index is 1.42. The van der Waals surface area contributed by atoms with Crippen molar-refractivity contribution in [1.29, 1.82) is 0 Å². The summed E-state index contributed by atoms with van der Waals surface area (Å²) in [6.07, 6.45) is 0.426. The average Bonchev–Trinajstić information content (AvgIpc) is 3.32. The van der Waals surface area contributed by atoms with E-state index in [4.69, 9.17) is 16.3 Å². The predicted octanol–water partition coefficient (Wildman–Crippen LogP) is 8.22. The molecule has 2 heterocycles. The van der Waals surface area contributed by atoms with Crippen LogP contribution in [0, 0.1) is 0 Å². The summed E-state index contributed by atoms with van der Waals surface area (Å²) >= 11 is 9.27. The number of thiophene rings is 2. The van der Waals surface area contributed by atoms with Crippen molar-refractivity contribution in [3.63, 3.8) is 0 Å². The zero-order valence-corrected chi connectivity index (χ0v) is 21.2. The highest BCUT2D eigenvalue weighted by Crippen LogP contribution is 2.49. The topological polar surface area (TPSA) is 75.6 Å². The van der Waals surface area contributed by atoms with Gasteiger partial charge in [-0.05, 0) is 54.0 Å². The number of benzene rings is 2. The summed E-state index contributed by atoms with van der Waals surface area (Å²) in [6.45, 7) is 1.84. The minimum atomic E-state index is -0.769. The van der Waals surface area contributed by atoms with Crippen LogP contribution in [0.4, 0.5) is 10.5 Å². The van der Waals surface area contributed by atoms with Gasteiger partial charge in [-0.25, -0.2) is 4.79 Å². The molecule has 1 unspecified atom stereocenters. The lowest BCUT2D eigenvalue weighted by Crippen LogP contribution is -2.19. The van der Waals surface area contributed by atoms with Crippen molar-refractivity contribution in [1.82, 2.24) is 0 Å². The first-order valence-electron chi connectivity index (χ1n) is 11.1. The zero-order chi connectivity index (χ0) is 24.6. The van der Waals surface area contributed by atoms with Gasteiger partial charge in [-0.1, -0.05) is 66.2 Å². The van der Waals surface area contributed by atoms with Gasteiger partial charge in [0, 0.05) is 10.4 Å². The number of ether oxygens (including phenoxy) is 1. The van der Waals surface area contributed by atoms with Crippen LogP contribution in [-0.2, 0) is 14.9 Å². The summed E-state index contributed by atoms with van der Waals surface area (Å²) in [4.78, 5) is 26.1. The number of hydrogen-bond acceptors (Lipinski definition) is 5. The fraction of sp³-hybridized carbons (Fsp3) is 0.185. The molecule has 0 aliphatic heterocycles. The second kappa shape index (κ2) is 9.49. The SMILES string of the molecule is CC(OC(=O)Nc1cc(Cl)sc1-c1ccccc1-c1ccc(C2(C(=O)O)CC2)cc1)c1cccs1. The number of halogens is 1. The molecule has 0 saturated heterocycles. The van der Waals surface area contributed by atoms with Gasteiger partial charge in [0.2, 0.25) is 0 Å². The highest BCUT2D eigenvalue weighted by atomic mass is 35.5. The number of aliphatic carboxylic acids is 1. The van der Waals surface area contributed by atoms with E-state index in [-0.39, 0.29) is 6.10 Å². The van der Waals surface area contributed by atoms with Crippen LogP contribution >= 0.6 is 34.3 Å². The van der Waals surface area contributed by atoms with Crippen LogP contribution in [0.25, 0.3) is 21.6 Å². The summed E-state index contributed by atoms with van der Waals surface area (Å²) in [5.41, 5.74) is 3.50. The van der Waals surface area contributed by atoms with Crippen LogP contribution in [0.1, 0.15) is 36.3 Å². The summed E-state index contributed by atoms with van der Waals surface area (Å²) in [5.74, 6) is -0.769. The van der Waals surface area contributed by atoms with E-state index in [0.717, 1.165) is 32.0 Å². The van der Waals surface area contributed by atoms with E-state index < -0.39 is 17.5 Å². The van der Waals surface area contributed by atoms with Crippen LogP contribution in [0.2, 0.25) is 4.34 Å². The van der Waals surface area contributed by atoms with Gasteiger partial charge in [0.15, 0.2) is 0 Å². The molecule has 1 amide bonds. The number of nitrogens with one attached hydrogen (secondary N) is 1. The summed E-state index contributed by atoms with van der Waals surface area (Å²) in [6, 6.07) is 21.2. The van der Waals surface area contributed by atoms with Gasteiger partial charge in [-0.2, -0.15) is 0 Å². The first kappa shape index (κ1) is 23.6. The summed E-state index contributed by atoms with van der Waals surface area (Å²) < 4.78 is 6.10. The second-order valence-corrected chi connectivity index (χ2v) is 11.2.